The lowest BCUT2D eigenvalue weighted by Crippen LogP contribution is -2.37. The lowest BCUT2D eigenvalue weighted by molar-refractivity contribution is -0.124. The Labute approximate surface area is 171 Å². The van der Waals surface area contributed by atoms with E-state index in [1.165, 1.54) is 4.90 Å². The molecular weight excluding hydrogens is 400 g/mol. The van der Waals surface area contributed by atoms with Gasteiger partial charge in [-0.25, -0.2) is 4.68 Å². The van der Waals surface area contributed by atoms with E-state index in [4.69, 9.17) is 11.6 Å². The number of nitrogens with one attached hydrogen (secondary N) is 1. The molecule has 2 aliphatic rings. The zero-order valence-electron chi connectivity index (χ0n) is 15.3. The fraction of sp³-hybridized carbons (Fsp3) is 0.368. The van der Waals surface area contributed by atoms with E-state index in [1.807, 2.05) is 25.1 Å². The SMILES string of the molecule is Cc1ccc(-n2ncc(C(=O)NCCN3C(=O)CSC3=O)c2C2CC2)cc1Cl. The maximum Gasteiger partial charge on any atom is 0.288 e. The molecule has 2 heterocycles. The van der Waals surface area contributed by atoms with Crippen molar-refractivity contribution in [3.8, 4) is 5.69 Å². The molecule has 146 valence electrons. The minimum Gasteiger partial charge on any atom is -0.350 e. The second-order valence-corrected chi connectivity index (χ2v) is 8.25. The van der Waals surface area contributed by atoms with Crippen LogP contribution in [0, 0.1) is 6.92 Å². The van der Waals surface area contributed by atoms with Crippen molar-refractivity contribution in [1.29, 1.82) is 0 Å². The molecule has 2 fully saturated rings. The first-order chi connectivity index (χ1) is 13.5. The highest BCUT2D eigenvalue weighted by atomic mass is 35.5. The van der Waals surface area contributed by atoms with Crippen LogP contribution in [0.15, 0.2) is 24.4 Å². The number of halogens is 1. The maximum absolute atomic E-state index is 12.7. The van der Waals surface area contributed by atoms with Gasteiger partial charge in [0.2, 0.25) is 5.91 Å². The Balaban J connectivity index is 1.50. The first-order valence-corrected chi connectivity index (χ1v) is 10.4. The Hall–Kier alpha value is -2.32. The fourth-order valence-electron chi connectivity index (χ4n) is 3.18. The molecular formula is C19H19ClN4O3S. The van der Waals surface area contributed by atoms with Crippen LogP contribution < -0.4 is 5.32 Å². The number of aromatic nitrogens is 2. The van der Waals surface area contributed by atoms with Gasteiger partial charge < -0.3 is 5.32 Å². The number of hydrogen-bond donors (Lipinski definition) is 1. The van der Waals surface area contributed by atoms with Crippen LogP contribution in [0.4, 0.5) is 4.79 Å². The van der Waals surface area contributed by atoms with E-state index in [0.29, 0.717) is 16.5 Å². The van der Waals surface area contributed by atoms with E-state index in [9.17, 15) is 14.4 Å². The van der Waals surface area contributed by atoms with Crippen LogP contribution in [-0.4, -0.2) is 50.6 Å². The molecule has 3 amide bonds. The van der Waals surface area contributed by atoms with E-state index >= 15 is 0 Å². The Morgan fingerprint density at radius 3 is 2.79 bits per heavy atom. The molecule has 1 aromatic carbocycles. The van der Waals surface area contributed by atoms with Crippen LogP contribution in [0.2, 0.25) is 5.02 Å². The van der Waals surface area contributed by atoms with Crippen LogP contribution >= 0.6 is 23.4 Å². The molecule has 9 heteroatoms. The van der Waals surface area contributed by atoms with E-state index in [-0.39, 0.29) is 35.9 Å². The summed E-state index contributed by atoms with van der Waals surface area (Å²) in [7, 11) is 0. The van der Waals surface area contributed by atoms with E-state index in [1.54, 1.807) is 10.9 Å². The van der Waals surface area contributed by atoms with Gasteiger partial charge in [-0.1, -0.05) is 29.4 Å². The lowest BCUT2D eigenvalue weighted by Gasteiger charge is -2.13. The number of amides is 3. The van der Waals surface area contributed by atoms with Crippen LogP contribution in [0.5, 0.6) is 0 Å². The van der Waals surface area contributed by atoms with Gasteiger partial charge in [-0.05, 0) is 37.5 Å². The summed E-state index contributed by atoms with van der Waals surface area (Å²) in [6.45, 7) is 2.32. The normalized spacial score (nSPS) is 16.7. The van der Waals surface area contributed by atoms with Crippen molar-refractivity contribution in [2.24, 2.45) is 0 Å². The van der Waals surface area contributed by atoms with Crippen molar-refractivity contribution in [3.63, 3.8) is 0 Å². The maximum atomic E-state index is 12.7. The highest BCUT2D eigenvalue weighted by Crippen LogP contribution is 2.42. The summed E-state index contributed by atoms with van der Waals surface area (Å²) in [6.07, 6.45) is 3.60. The molecule has 4 rings (SSSR count). The van der Waals surface area contributed by atoms with Gasteiger partial charge in [-0.3, -0.25) is 19.3 Å². The number of rotatable bonds is 6. The summed E-state index contributed by atoms with van der Waals surface area (Å²) in [5.41, 5.74) is 3.20. The molecule has 1 N–H and O–H groups in total. The highest BCUT2D eigenvalue weighted by molar-refractivity contribution is 8.14. The number of carbonyl (C=O) groups excluding carboxylic acids is 3. The number of nitrogens with zero attached hydrogens (tertiary/aromatic N) is 3. The predicted octanol–water partition coefficient (Wildman–Crippen LogP) is 3.14. The standard InChI is InChI=1S/C19H19ClN4O3S/c1-11-2-5-13(8-15(11)20)24-17(12-3-4-12)14(9-22-24)18(26)21-6-7-23-16(25)10-28-19(23)27/h2,5,8-9,12H,3-4,6-7,10H2,1H3,(H,21,26). The molecule has 2 aromatic rings. The molecule has 7 nitrogen and oxygen atoms in total. The third-order valence-corrected chi connectivity index (χ3v) is 6.14. The third-order valence-electron chi connectivity index (χ3n) is 4.88. The van der Waals surface area contributed by atoms with Crippen LogP contribution in [-0.2, 0) is 4.79 Å². The molecule has 0 bridgehead atoms. The third kappa shape index (κ3) is 3.66. The largest absolute Gasteiger partial charge is 0.350 e. The molecule has 0 atom stereocenters. The van der Waals surface area contributed by atoms with Crippen molar-refractivity contribution in [2.75, 3.05) is 18.8 Å². The predicted molar refractivity (Wildman–Crippen MR) is 107 cm³/mol. The molecule has 1 aliphatic carbocycles. The van der Waals surface area contributed by atoms with Crippen LogP contribution in [0.3, 0.4) is 0 Å². The summed E-state index contributed by atoms with van der Waals surface area (Å²) in [4.78, 5) is 37.2. The van der Waals surface area contributed by atoms with Gasteiger partial charge in [0, 0.05) is 24.0 Å². The first kappa shape index (κ1) is 19.0. The minimum atomic E-state index is -0.262. The number of thioether (sulfide) groups is 1. The first-order valence-electron chi connectivity index (χ1n) is 9.05. The average Bonchev–Trinajstić information content (AvgIpc) is 3.34. The van der Waals surface area contributed by atoms with Gasteiger partial charge >= 0.3 is 0 Å². The Bertz CT molecular complexity index is 954. The molecule has 0 unspecified atom stereocenters. The molecule has 1 saturated carbocycles. The molecule has 0 radical (unpaired) electrons. The summed E-state index contributed by atoms with van der Waals surface area (Å²) >= 11 is 7.24. The second kappa shape index (κ2) is 7.60. The second-order valence-electron chi connectivity index (χ2n) is 6.92. The van der Waals surface area contributed by atoms with Crippen molar-refractivity contribution in [1.82, 2.24) is 20.0 Å². The van der Waals surface area contributed by atoms with E-state index in [2.05, 4.69) is 10.4 Å². The van der Waals surface area contributed by atoms with Crippen molar-refractivity contribution >= 4 is 40.4 Å². The molecule has 1 aliphatic heterocycles. The molecule has 0 spiro atoms. The average molecular weight is 419 g/mol. The van der Waals surface area contributed by atoms with Crippen molar-refractivity contribution in [3.05, 3.63) is 46.2 Å². The van der Waals surface area contributed by atoms with Crippen molar-refractivity contribution in [2.45, 2.75) is 25.7 Å². The Morgan fingerprint density at radius 2 is 2.14 bits per heavy atom. The zero-order chi connectivity index (χ0) is 19.8. The quantitative estimate of drug-likeness (QED) is 0.779. The summed E-state index contributed by atoms with van der Waals surface area (Å²) in [6, 6.07) is 5.71. The van der Waals surface area contributed by atoms with E-state index < -0.39 is 0 Å². The summed E-state index contributed by atoms with van der Waals surface area (Å²) in [5.74, 6) is -0.00336. The van der Waals surface area contributed by atoms with Crippen molar-refractivity contribution < 1.29 is 14.4 Å². The summed E-state index contributed by atoms with van der Waals surface area (Å²) in [5, 5.41) is 7.62. The number of imide groups is 1. The Kier molecular flexibility index (Phi) is 5.16. The monoisotopic (exact) mass is 418 g/mol. The summed E-state index contributed by atoms with van der Waals surface area (Å²) < 4.78 is 1.78. The minimum absolute atomic E-state index is 0.171. The van der Waals surface area contributed by atoms with Gasteiger partial charge in [0.1, 0.15) is 0 Å². The zero-order valence-corrected chi connectivity index (χ0v) is 16.8. The van der Waals surface area contributed by atoms with Gasteiger partial charge in [-0.2, -0.15) is 5.10 Å². The van der Waals surface area contributed by atoms with E-state index in [0.717, 1.165) is 41.5 Å². The molecule has 28 heavy (non-hydrogen) atoms. The number of hydrogen-bond acceptors (Lipinski definition) is 5. The van der Waals surface area contributed by atoms with Gasteiger partial charge in [0.15, 0.2) is 0 Å². The lowest BCUT2D eigenvalue weighted by atomic mass is 10.1. The van der Waals surface area contributed by atoms with Gasteiger partial charge in [-0.15, -0.1) is 0 Å². The number of carbonyl (C=O) groups is 3. The number of aryl methyl sites for hydroxylation is 1. The molecule has 1 saturated heterocycles. The molecule has 1 aromatic heterocycles. The van der Waals surface area contributed by atoms with Gasteiger partial charge in [0.25, 0.3) is 11.1 Å². The topological polar surface area (TPSA) is 84.3 Å². The Morgan fingerprint density at radius 1 is 1.36 bits per heavy atom. The van der Waals surface area contributed by atoms with Crippen LogP contribution in [0.25, 0.3) is 5.69 Å². The van der Waals surface area contributed by atoms with Gasteiger partial charge in [0.05, 0.1) is 28.9 Å². The fourth-order valence-corrected chi connectivity index (χ4v) is 4.10. The van der Waals surface area contributed by atoms with Crippen LogP contribution in [0.1, 0.15) is 40.4 Å². The smallest absolute Gasteiger partial charge is 0.288 e. The highest BCUT2D eigenvalue weighted by Gasteiger charge is 2.33. The number of benzene rings is 1.